The van der Waals surface area contributed by atoms with E-state index in [0.717, 1.165) is 70.6 Å². The van der Waals surface area contributed by atoms with Crippen LogP contribution in [0.2, 0.25) is 0 Å². The predicted molar refractivity (Wildman–Crippen MR) is 339 cm³/mol. The summed E-state index contributed by atoms with van der Waals surface area (Å²) in [7, 11) is 1.49. The van der Waals surface area contributed by atoms with E-state index in [1.54, 1.807) is 0 Å². The molecule has 0 aromatic rings. The van der Waals surface area contributed by atoms with Gasteiger partial charge >= 0.3 is 19.8 Å². The molecule has 0 radical (unpaired) electrons. The van der Waals surface area contributed by atoms with Gasteiger partial charge in [-0.25, -0.2) is 4.57 Å². The summed E-state index contributed by atoms with van der Waals surface area (Å²) in [5, 5.41) is 0. The Morgan fingerprint density at radius 3 is 1.08 bits per heavy atom. The molecule has 0 saturated carbocycles. The summed E-state index contributed by atoms with van der Waals surface area (Å²) in [5.41, 5.74) is 0. The maximum Gasteiger partial charge on any atom is 0.472 e. The summed E-state index contributed by atoms with van der Waals surface area (Å²) in [6.45, 7) is 4.36. The van der Waals surface area contributed by atoms with Gasteiger partial charge in [0.25, 0.3) is 0 Å². The average Bonchev–Trinajstić information content (AvgIpc) is 3.41. The van der Waals surface area contributed by atoms with Crippen molar-refractivity contribution >= 4 is 19.8 Å². The Morgan fingerprint density at radius 2 is 0.722 bits per heavy atom. The second kappa shape index (κ2) is 60.1. The van der Waals surface area contributed by atoms with Gasteiger partial charge in [-0.2, -0.15) is 0 Å². The number of likely N-dealkylation sites (N-methyl/N-ethyl adjacent to an activating group) is 1. The van der Waals surface area contributed by atoms with Crippen molar-refractivity contribution in [2.24, 2.45) is 0 Å². The van der Waals surface area contributed by atoms with Gasteiger partial charge in [0, 0.05) is 12.8 Å². The third-order valence-corrected chi connectivity index (χ3v) is 15.5. The Morgan fingerprint density at radius 1 is 0.405 bits per heavy atom. The van der Waals surface area contributed by atoms with Crippen LogP contribution in [0.3, 0.4) is 0 Å². The highest BCUT2D eigenvalue weighted by Gasteiger charge is 2.27. The van der Waals surface area contributed by atoms with Crippen molar-refractivity contribution in [2.45, 2.75) is 309 Å². The molecule has 0 aliphatic heterocycles. The summed E-state index contributed by atoms with van der Waals surface area (Å²) in [5.74, 6) is -0.782. The van der Waals surface area contributed by atoms with E-state index in [2.05, 4.69) is 86.8 Å². The van der Waals surface area contributed by atoms with Gasteiger partial charge in [-0.15, -0.1) is 0 Å². The molecule has 0 heterocycles. The number of rotatable bonds is 61. The number of quaternary nitrogens is 1. The molecule has 0 fully saturated rings. The number of ether oxygens (including phenoxy) is 2. The molecule has 9 nitrogen and oxygen atoms in total. The van der Waals surface area contributed by atoms with Crippen molar-refractivity contribution in [1.82, 2.24) is 0 Å². The number of phosphoric acid groups is 1. The molecule has 2 atom stereocenters. The zero-order valence-electron chi connectivity index (χ0n) is 52.4. The van der Waals surface area contributed by atoms with Gasteiger partial charge in [0.2, 0.25) is 0 Å². The van der Waals surface area contributed by atoms with Crippen LogP contribution in [0.5, 0.6) is 0 Å². The molecule has 0 aromatic carbocycles. The molecule has 0 aliphatic rings. The first kappa shape index (κ1) is 76.5. The molecule has 0 spiro atoms. The van der Waals surface area contributed by atoms with Gasteiger partial charge in [0.05, 0.1) is 27.7 Å². The largest absolute Gasteiger partial charge is 0.472 e. The highest BCUT2D eigenvalue weighted by Crippen LogP contribution is 2.43. The number of hydrogen-bond acceptors (Lipinski definition) is 7. The molecule has 10 heteroatoms. The van der Waals surface area contributed by atoms with E-state index in [1.807, 2.05) is 21.1 Å². The standard InChI is InChI=1S/C69H126NO8P/c1-6-8-10-12-14-16-18-20-22-24-25-26-27-28-29-30-31-32-33-34-35-36-37-38-39-40-41-42-43-44-45-46-48-50-52-54-56-58-60-62-69(72)78-67(66-77-79(73,74)76-64-63-70(3,4)5)65-75-68(71)61-59-57-55-53-51-49-47-23-21-19-17-15-13-11-9-7-2/h8,10,14,16,20,22,25-26,28-29,31-32,67H,6-7,9,11-13,15,17-19,21,23-24,27,30,33-66H2,1-5H3/p+1/b10-8-,16-14-,22-20-,26-25-,29-28-,32-31-. The lowest BCUT2D eigenvalue weighted by Gasteiger charge is -2.24. The fraction of sp³-hybridized carbons (Fsp3) is 0.797. The molecule has 0 aromatic heterocycles. The van der Waals surface area contributed by atoms with E-state index in [-0.39, 0.29) is 25.6 Å². The third-order valence-electron chi connectivity index (χ3n) is 14.5. The maximum atomic E-state index is 12.8. The molecule has 0 saturated heterocycles. The van der Waals surface area contributed by atoms with E-state index in [0.29, 0.717) is 23.9 Å². The molecule has 460 valence electrons. The van der Waals surface area contributed by atoms with Crippen molar-refractivity contribution in [2.75, 3.05) is 47.5 Å². The van der Waals surface area contributed by atoms with Gasteiger partial charge in [-0.1, -0.05) is 299 Å². The van der Waals surface area contributed by atoms with Gasteiger partial charge in [-0.05, 0) is 64.2 Å². The van der Waals surface area contributed by atoms with Crippen molar-refractivity contribution in [3.05, 3.63) is 72.9 Å². The van der Waals surface area contributed by atoms with Crippen LogP contribution in [0.1, 0.15) is 303 Å². The van der Waals surface area contributed by atoms with Gasteiger partial charge in [0.15, 0.2) is 6.10 Å². The first-order valence-electron chi connectivity index (χ1n) is 33.2. The Bertz CT molecular complexity index is 1560. The first-order valence-corrected chi connectivity index (χ1v) is 34.7. The molecule has 2 unspecified atom stereocenters. The number of carbonyl (C=O) groups is 2. The normalized spacial score (nSPS) is 13.6. The zero-order valence-corrected chi connectivity index (χ0v) is 53.2. The number of esters is 2. The second-order valence-corrected chi connectivity index (χ2v) is 24.9. The van der Waals surface area contributed by atoms with Crippen LogP contribution in [0.4, 0.5) is 0 Å². The Labute approximate surface area is 489 Å². The maximum absolute atomic E-state index is 12.8. The quantitative estimate of drug-likeness (QED) is 0.0211. The molecule has 0 rings (SSSR count). The van der Waals surface area contributed by atoms with Crippen LogP contribution in [-0.4, -0.2) is 74.9 Å². The minimum Gasteiger partial charge on any atom is -0.462 e. The molecule has 0 aliphatic carbocycles. The average molecular weight is 1130 g/mol. The molecule has 79 heavy (non-hydrogen) atoms. The molecule has 1 N–H and O–H groups in total. The Hall–Kier alpha value is -2.55. The summed E-state index contributed by atoms with van der Waals surface area (Å²) in [4.78, 5) is 35.7. The highest BCUT2D eigenvalue weighted by atomic mass is 31.2. The predicted octanol–water partition coefficient (Wildman–Crippen LogP) is 21.2. The third kappa shape index (κ3) is 64.5. The molecule has 0 amide bonds. The van der Waals surface area contributed by atoms with E-state index < -0.39 is 26.5 Å². The van der Waals surface area contributed by atoms with Crippen LogP contribution in [0.15, 0.2) is 72.9 Å². The van der Waals surface area contributed by atoms with Crippen molar-refractivity contribution in [3.63, 3.8) is 0 Å². The van der Waals surface area contributed by atoms with Gasteiger partial charge < -0.3 is 18.9 Å². The van der Waals surface area contributed by atoms with E-state index in [9.17, 15) is 19.0 Å². The first-order chi connectivity index (χ1) is 38.5. The van der Waals surface area contributed by atoms with Gasteiger partial charge in [0.1, 0.15) is 19.8 Å². The summed E-state index contributed by atoms with van der Waals surface area (Å²) in [6.07, 6.45) is 80.0. The lowest BCUT2D eigenvalue weighted by atomic mass is 10.0. The van der Waals surface area contributed by atoms with Crippen molar-refractivity contribution < 1.29 is 42.1 Å². The summed E-state index contributed by atoms with van der Waals surface area (Å²) >= 11 is 0. The minimum absolute atomic E-state index is 0.0334. The fourth-order valence-electron chi connectivity index (χ4n) is 9.43. The summed E-state index contributed by atoms with van der Waals surface area (Å²) in [6, 6.07) is 0. The van der Waals surface area contributed by atoms with Gasteiger partial charge in [-0.3, -0.25) is 18.6 Å². The number of unbranched alkanes of at least 4 members (excludes halogenated alkanes) is 35. The van der Waals surface area contributed by atoms with E-state index in [4.69, 9.17) is 18.5 Å². The number of nitrogens with zero attached hydrogens (tertiary/aromatic N) is 1. The van der Waals surface area contributed by atoms with Crippen LogP contribution in [0, 0.1) is 0 Å². The molecular formula is C69H127NO8P+. The fourth-order valence-corrected chi connectivity index (χ4v) is 10.2. The van der Waals surface area contributed by atoms with Crippen LogP contribution in [-0.2, 0) is 32.7 Å². The Balaban J connectivity index is 3.94. The number of hydrogen-bond donors (Lipinski definition) is 1. The molecular weight excluding hydrogens is 1000 g/mol. The highest BCUT2D eigenvalue weighted by molar-refractivity contribution is 7.47. The monoisotopic (exact) mass is 1130 g/mol. The Kier molecular flexibility index (Phi) is 58.1. The van der Waals surface area contributed by atoms with E-state index in [1.165, 1.54) is 199 Å². The smallest absolute Gasteiger partial charge is 0.462 e. The van der Waals surface area contributed by atoms with Crippen molar-refractivity contribution in [1.29, 1.82) is 0 Å². The van der Waals surface area contributed by atoms with Crippen LogP contribution < -0.4 is 0 Å². The lowest BCUT2D eigenvalue weighted by molar-refractivity contribution is -0.870. The summed E-state index contributed by atoms with van der Waals surface area (Å²) < 4.78 is 34.6. The zero-order chi connectivity index (χ0) is 57.7. The number of carbonyl (C=O) groups excluding carboxylic acids is 2. The van der Waals surface area contributed by atoms with Crippen LogP contribution in [0.25, 0.3) is 0 Å². The van der Waals surface area contributed by atoms with Crippen molar-refractivity contribution in [3.8, 4) is 0 Å². The minimum atomic E-state index is -4.38. The van der Waals surface area contributed by atoms with E-state index >= 15 is 0 Å². The topological polar surface area (TPSA) is 108 Å². The second-order valence-electron chi connectivity index (χ2n) is 23.5. The number of phosphoric ester groups is 1. The van der Waals surface area contributed by atoms with Crippen LogP contribution >= 0.6 is 7.82 Å². The molecule has 0 bridgehead atoms. The number of allylic oxidation sites excluding steroid dienone is 12. The lowest BCUT2D eigenvalue weighted by Crippen LogP contribution is -2.37. The SMILES string of the molecule is CC/C=C\C/C=C\C/C=C\C/C=C\C/C=C\C/C=C\CCCCCCCCCCCCCCCCCCCCCCC(=O)OC(COC(=O)CCCCCCCCCCCCCCCCCC)COP(=O)(O)OCC[N+](C)(C)C.